The van der Waals surface area contributed by atoms with Crippen molar-refractivity contribution in [1.82, 2.24) is 4.90 Å². The van der Waals surface area contributed by atoms with Crippen LogP contribution in [0.1, 0.15) is 30.4 Å². The van der Waals surface area contributed by atoms with Crippen LogP contribution in [0.2, 0.25) is 0 Å². The van der Waals surface area contributed by atoms with Gasteiger partial charge in [0.2, 0.25) is 5.91 Å². The van der Waals surface area contributed by atoms with Gasteiger partial charge in [0.25, 0.3) is 0 Å². The van der Waals surface area contributed by atoms with Gasteiger partial charge in [-0.25, -0.2) is 0 Å². The molecule has 2 nitrogen and oxygen atoms in total. The van der Waals surface area contributed by atoms with Crippen molar-refractivity contribution in [3.8, 4) is 0 Å². The van der Waals surface area contributed by atoms with Crippen LogP contribution < -0.4 is 0 Å². The number of likely N-dealkylation sites (tertiary alicyclic amines) is 1. The molecule has 0 spiro atoms. The van der Waals surface area contributed by atoms with Gasteiger partial charge in [-0.05, 0) is 37.3 Å². The average Bonchev–Trinajstić information content (AvgIpc) is 2.41. The number of piperidine rings is 1. The summed E-state index contributed by atoms with van der Waals surface area (Å²) in [5, 5.41) is 0. The summed E-state index contributed by atoms with van der Waals surface area (Å²) in [6, 6.07) is 8.32. The molecule has 3 heteroatoms. The number of nitrogens with zero attached hydrogens (tertiary/aromatic N) is 1. The molecule has 0 bridgehead atoms. The molecule has 0 N–H and O–H groups in total. The van der Waals surface area contributed by atoms with E-state index < -0.39 is 0 Å². The van der Waals surface area contributed by atoms with E-state index in [0.29, 0.717) is 12.3 Å². The maximum atomic E-state index is 12.4. The van der Waals surface area contributed by atoms with Crippen molar-refractivity contribution in [1.29, 1.82) is 0 Å². The third-order valence-electron chi connectivity index (χ3n) is 3.73. The van der Waals surface area contributed by atoms with Crippen molar-refractivity contribution in [3.63, 3.8) is 0 Å². The van der Waals surface area contributed by atoms with E-state index in [0.717, 1.165) is 24.9 Å². The third-order valence-corrected chi connectivity index (χ3v) is 4.08. The van der Waals surface area contributed by atoms with E-state index in [4.69, 9.17) is 11.6 Å². The molecule has 2 rings (SSSR count). The zero-order valence-electron chi connectivity index (χ0n) is 10.9. The third kappa shape index (κ3) is 3.05. The normalized spacial score (nSPS) is 19.9. The van der Waals surface area contributed by atoms with E-state index in [9.17, 15) is 4.79 Å². The predicted molar refractivity (Wildman–Crippen MR) is 75.0 cm³/mol. The Morgan fingerprint density at radius 3 is 2.89 bits per heavy atom. The number of hydrogen-bond acceptors (Lipinski definition) is 1. The van der Waals surface area contributed by atoms with E-state index in [1.807, 2.05) is 23.1 Å². The Kier molecular flexibility index (Phi) is 4.65. The minimum atomic E-state index is 0.217. The number of carbonyl (C=O) groups excluding carboxylic acids is 1. The Hall–Kier alpha value is -1.02. The van der Waals surface area contributed by atoms with Crippen LogP contribution in [0.25, 0.3) is 0 Å². The first-order valence-electron chi connectivity index (χ1n) is 6.62. The molecule has 0 saturated carbocycles. The van der Waals surface area contributed by atoms with Crippen LogP contribution in [0.3, 0.4) is 0 Å². The molecule has 98 valence electrons. The van der Waals surface area contributed by atoms with Gasteiger partial charge < -0.3 is 4.90 Å². The lowest BCUT2D eigenvalue weighted by molar-refractivity contribution is -0.133. The second-order valence-electron chi connectivity index (χ2n) is 4.99. The summed E-state index contributed by atoms with van der Waals surface area (Å²) in [4.78, 5) is 14.3. The van der Waals surface area contributed by atoms with E-state index in [2.05, 4.69) is 13.0 Å². The Morgan fingerprint density at radius 2 is 2.17 bits per heavy atom. The van der Waals surface area contributed by atoms with Crippen LogP contribution in [-0.4, -0.2) is 29.3 Å². The first-order chi connectivity index (χ1) is 8.72. The molecule has 1 unspecified atom stereocenters. The minimum absolute atomic E-state index is 0.217. The second kappa shape index (κ2) is 6.24. The average molecular weight is 266 g/mol. The molecule has 18 heavy (non-hydrogen) atoms. The maximum Gasteiger partial charge on any atom is 0.227 e. The molecular formula is C15H20ClNO. The van der Waals surface area contributed by atoms with Gasteiger partial charge in [-0.2, -0.15) is 0 Å². The fraction of sp³-hybridized carbons (Fsp3) is 0.533. The maximum absolute atomic E-state index is 12.4. The van der Waals surface area contributed by atoms with E-state index in [1.165, 1.54) is 12.0 Å². The van der Waals surface area contributed by atoms with Gasteiger partial charge in [0.1, 0.15) is 0 Å². The zero-order chi connectivity index (χ0) is 13.0. The fourth-order valence-corrected chi connectivity index (χ4v) is 2.88. The van der Waals surface area contributed by atoms with Crippen molar-refractivity contribution in [2.75, 3.05) is 12.4 Å². The first-order valence-corrected chi connectivity index (χ1v) is 7.15. The highest BCUT2D eigenvalue weighted by atomic mass is 35.5. The first kappa shape index (κ1) is 13.4. The quantitative estimate of drug-likeness (QED) is 0.769. The van der Waals surface area contributed by atoms with Crippen LogP contribution in [0.15, 0.2) is 24.3 Å². The summed E-state index contributed by atoms with van der Waals surface area (Å²) in [5.74, 6) is 0.772. The molecule has 0 radical (unpaired) electrons. The molecule has 1 aliphatic rings. The summed E-state index contributed by atoms with van der Waals surface area (Å²) >= 11 is 5.96. The Morgan fingerprint density at radius 1 is 1.39 bits per heavy atom. The summed E-state index contributed by atoms with van der Waals surface area (Å²) in [6.45, 7) is 2.92. The van der Waals surface area contributed by atoms with Crippen molar-refractivity contribution in [2.45, 2.75) is 38.6 Å². The molecule has 1 aromatic carbocycles. The lowest BCUT2D eigenvalue weighted by Gasteiger charge is -2.34. The standard InChI is InChI=1S/C15H20ClNO/c1-12-6-2-3-7-13(12)10-15(18)17-9-5-4-8-14(17)11-16/h2-3,6-7,14H,4-5,8-11H2,1H3. The van der Waals surface area contributed by atoms with Gasteiger partial charge in [-0.1, -0.05) is 24.3 Å². The number of rotatable bonds is 3. The van der Waals surface area contributed by atoms with Crippen LogP contribution in [-0.2, 0) is 11.2 Å². The lowest BCUT2D eigenvalue weighted by Crippen LogP contribution is -2.45. The second-order valence-corrected chi connectivity index (χ2v) is 5.30. The summed E-state index contributed by atoms with van der Waals surface area (Å²) in [5.41, 5.74) is 2.31. The number of carbonyl (C=O) groups is 1. The summed E-state index contributed by atoms with van der Waals surface area (Å²) in [7, 11) is 0. The van der Waals surface area contributed by atoms with Crippen molar-refractivity contribution in [3.05, 3.63) is 35.4 Å². The van der Waals surface area contributed by atoms with E-state index >= 15 is 0 Å². The molecule has 0 aliphatic carbocycles. The Labute approximate surface area is 114 Å². The van der Waals surface area contributed by atoms with Crippen LogP contribution in [0.4, 0.5) is 0 Å². The summed E-state index contributed by atoms with van der Waals surface area (Å²) in [6.07, 6.45) is 3.83. The highest BCUT2D eigenvalue weighted by Gasteiger charge is 2.25. The Bertz CT molecular complexity index is 419. The van der Waals surface area contributed by atoms with Crippen LogP contribution in [0.5, 0.6) is 0 Å². The smallest absolute Gasteiger partial charge is 0.227 e. The molecule has 1 aromatic rings. The minimum Gasteiger partial charge on any atom is -0.338 e. The van der Waals surface area contributed by atoms with Gasteiger partial charge in [-0.3, -0.25) is 4.79 Å². The van der Waals surface area contributed by atoms with Gasteiger partial charge in [0, 0.05) is 18.5 Å². The molecule has 1 fully saturated rings. The lowest BCUT2D eigenvalue weighted by atomic mass is 10.0. The molecule has 1 amide bonds. The fourth-order valence-electron chi connectivity index (χ4n) is 2.56. The van der Waals surface area contributed by atoms with Crippen molar-refractivity contribution < 1.29 is 4.79 Å². The van der Waals surface area contributed by atoms with E-state index in [1.54, 1.807) is 0 Å². The number of aryl methyl sites for hydroxylation is 1. The number of benzene rings is 1. The SMILES string of the molecule is Cc1ccccc1CC(=O)N1CCCCC1CCl. The van der Waals surface area contributed by atoms with E-state index in [-0.39, 0.29) is 11.9 Å². The van der Waals surface area contributed by atoms with Crippen LogP contribution in [0, 0.1) is 6.92 Å². The molecule has 1 atom stereocenters. The van der Waals surface area contributed by atoms with Crippen LogP contribution >= 0.6 is 11.6 Å². The molecular weight excluding hydrogens is 246 g/mol. The number of hydrogen-bond donors (Lipinski definition) is 0. The highest BCUT2D eigenvalue weighted by molar-refractivity contribution is 6.18. The molecule has 0 aromatic heterocycles. The van der Waals surface area contributed by atoms with Crippen molar-refractivity contribution >= 4 is 17.5 Å². The molecule has 1 saturated heterocycles. The number of alkyl halides is 1. The van der Waals surface area contributed by atoms with Crippen molar-refractivity contribution in [2.24, 2.45) is 0 Å². The molecule has 1 heterocycles. The number of amides is 1. The number of halogens is 1. The monoisotopic (exact) mass is 265 g/mol. The van der Waals surface area contributed by atoms with Gasteiger partial charge in [0.15, 0.2) is 0 Å². The Balaban J connectivity index is 2.05. The molecule has 1 aliphatic heterocycles. The largest absolute Gasteiger partial charge is 0.338 e. The van der Waals surface area contributed by atoms with Gasteiger partial charge in [-0.15, -0.1) is 11.6 Å². The topological polar surface area (TPSA) is 20.3 Å². The van der Waals surface area contributed by atoms with Gasteiger partial charge >= 0.3 is 0 Å². The van der Waals surface area contributed by atoms with Gasteiger partial charge in [0.05, 0.1) is 6.42 Å². The highest BCUT2D eigenvalue weighted by Crippen LogP contribution is 2.20. The zero-order valence-corrected chi connectivity index (χ0v) is 11.6. The predicted octanol–water partition coefficient (Wildman–Crippen LogP) is 3.16. The summed E-state index contributed by atoms with van der Waals surface area (Å²) < 4.78 is 0.